The molecule has 1 rings (SSSR count). The quantitative estimate of drug-likeness (QED) is 0.0164. The second kappa shape index (κ2) is 50.9. The lowest BCUT2D eigenvalue weighted by Gasteiger charge is -2.29. The van der Waals surface area contributed by atoms with Crippen LogP contribution in [0.4, 0.5) is 0 Å². The van der Waals surface area contributed by atoms with E-state index < -0.39 is 212 Å². The number of carboxylic acids is 1. The fraction of sp³-hybridized carbons (Fsp3) is 0.657. The maximum Gasteiger partial charge on any atom is 0.304 e. The van der Waals surface area contributed by atoms with Gasteiger partial charge < -0.3 is 131 Å². The van der Waals surface area contributed by atoms with E-state index in [4.69, 9.17) is 51.6 Å². The number of aliphatic hydroxyl groups excluding tert-OH is 2. The number of nitrogens with two attached hydrogens (primary N) is 9. The van der Waals surface area contributed by atoms with Crippen LogP contribution in [0.5, 0.6) is 5.75 Å². The molecule has 13 atom stereocenters. The van der Waals surface area contributed by atoms with Crippen molar-refractivity contribution in [3.8, 4) is 5.75 Å². The zero-order valence-corrected chi connectivity index (χ0v) is 62.2. The average Bonchev–Trinajstić information content (AvgIpc) is 0.854. The second-order valence-electron chi connectivity index (χ2n) is 27.0. The molecule has 0 fully saturated rings. The average molecular weight is 1530 g/mol. The van der Waals surface area contributed by atoms with Crippen LogP contribution in [-0.2, 0) is 78.3 Å². The van der Waals surface area contributed by atoms with Gasteiger partial charge in [-0.1, -0.05) is 46.8 Å². The Labute approximate surface area is 626 Å². The molecule has 0 saturated carbocycles. The first-order chi connectivity index (χ1) is 50.7. The zero-order valence-electron chi connectivity index (χ0n) is 62.2. The number of amides is 14. The Hall–Kier alpha value is -10.5. The minimum Gasteiger partial charge on any atom is -0.508 e. The van der Waals surface area contributed by atoms with Gasteiger partial charge in [0.15, 0.2) is 11.9 Å². The number of phenolic OH excluding ortho intramolecular Hbond substituents is 1. The Bertz CT molecular complexity index is 3210. The van der Waals surface area contributed by atoms with Gasteiger partial charge in [0, 0.05) is 38.3 Å². The van der Waals surface area contributed by atoms with Crippen LogP contribution in [0.15, 0.2) is 34.3 Å². The van der Waals surface area contributed by atoms with Gasteiger partial charge in [-0.25, -0.2) is 0 Å². The number of nitrogens with zero attached hydrogens (tertiary/aromatic N) is 2. The fourth-order valence-electron chi connectivity index (χ4n) is 10.6. The molecule has 41 heteroatoms. The predicted octanol–water partition coefficient (Wildman–Crippen LogP) is -7.77. The lowest BCUT2D eigenvalue weighted by molar-refractivity contribution is -0.141. The molecule has 0 aliphatic heterocycles. The number of aromatic hydroxyl groups is 1. The Morgan fingerprint density at radius 2 is 0.713 bits per heavy atom. The van der Waals surface area contributed by atoms with Crippen LogP contribution in [0.25, 0.3) is 0 Å². The van der Waals surface area contributed by atoms with Gasteiger partial charge in [-0.05, 0) is 139 Å². The van der Waals surface area contributed by atoms with E-state index in [0.29, 0.717) is 24.8 Å². The summed E-state index contributed by atoms with van der Waals surface area (Å²) < 4.78 is 0. The third-order valence-corrected chi connectivity index (χ3v) is 16.5. The number of hydrogen-bond acceptors (Lipinski definition) is 22. The predicted molar refractivity (Wildman–Crippen MR) is 394 cm³/mol. The van der Waals surface area contributed by atoms with Crippen molar-refractivity contribution in [2.45, 2.75) is 230 Å². The van der Waals surface area contributed by atoms with Crippen LogP contribution in [0.1, 0.15) is 156 Å². The summed E-state index contributed by atoms with van der Waals surface area (Å²) in [5.74, 6) is -17.9. The van der Waals surface area contributed by atoms with Crippen molar-refractivity contribution in [2.75, 3.05) is 32.8 Å². The molecule has 0 spiro atoms. The Morgan fingerprint density at radius 3 is 1.03 bits per heavy atom. The van der Waals surface area contributed by atoms with E-state index in [0.717, 1.165) is 6.92 Å². The van der Waals surface area contributed by atoms with E-state index in [1.807, 2.05) is 0 Å². The zero-order chi connectivity index (χ0) is 81.9. The van der Waals surface area contributed by atoms with E-state index in [1.165, 1.54) is 31.2 Å². The van der Waals surface area contributed by atoms with Gasteiger partial charge in [0.2, 0.25) is 82.7 Å². The molecule has 1 aromatic carbocycles. The summed E-state index contributed by atoms with van der Waals surface area (Å²) in [6.45, 7) is 8.78. The number of guanidine groups is 2. The first kappa shape index (κ1) is 95.5. The third-order valence-electron chi connectivity index (χ3n) is 16.5. The molecule has 608 valence electrons. The number of primary amides is 3. The molecule has 0 saturated heterocycles. The van der Waals surface area contributed by atoms with E-state index in [9.17, 15) is 92.3 Å². The highest BCUT2D eigenvalue weighted by molar-refractivity contribution is 6.00. The highest BCUT2D eigenvalue weighted by atomic mass is 16.4. The molecule has 0 radical (unpaired) electrons. The van der Waals surface area contributed by atoms with Gasteiger partial charge in [-0.15, -0.1) is 0 Å². The molecule has 0 aliphatic rings. The number of hydrogen-bond donors (Lipinski definition) is 24. The van der Waals surface area contributed by atoms with Crippen LogP contribution in [-0.4, -0.2) is 226 Å². The molecule has 0 heterocycles. The van der Waals surface area contributed by atoms with Crippen molar-refractivity contribution in [3.63, 3.8) is 0 Å². The summed E-state index contributed by atoms with van der Waals surface area (Å²) in [4.78, 5) is 212. The largest absolute Gasteiger partial charge is 0.508 e. The number of aliphatic hydroxyl groups is 2. The molecule has 0 unspecified atom stereocenters. The monoisotopic (exact) mass is 1530 g/mol. The number of carbonyl (C=O) groups excluding carboxylic acids is 14. The van der Waals surface area contributed by atoms with Gasteiger partial charge >= 0.3 is 5.97 Å². The van der Waals surface area contributed by atoms with E-state index in [-0.39, 0.29) is 113 Å². The summed E-state index contributed by atoms with van der Waals surface area (Å²) >= 11 is 0. The van der Waals surface area contributed by atoms with Crippen LogP contribution < -0.4 is 110 Å². The molecule has 0 aromatic heterocycles. The lowest BCUT2D eigenvalue weighted by Crippen LogP contribution is -2.61. The first-order valence-electron chi connectivity index (χ1n) is 35.7. The molecule has 108 heavy (non-hydrogen) atoms. The molecule has 0 aliphatic carbocycles. The summed E-state index contributed by atoms with van der Waals surface area (Å²) in [5, 5.41) is 67.3. The summed E-state index contributed by atoms with van der Waals surface area (Å²) in [6.07, 6.45) is -4.32. The number of carboxylic acid groups (broad SMARTS) is 1. The highest BCUT2D eigenvalue weighted by Gasteiger charge is 2.38. The Balaban J connectivity index is 3.97. The maximum absolute atomic E-state index is 15.0. The molecule has 33 N–H and O–H groups in total. The summed E-state index contributed by atoms with van der Waals surface area (Å²) in [5.41, 5.74) is 50.3. The van der Waals surface area contributed by atoms with Crippen molar-refractivity contribution in [1.29, 1.82) is 0 Å². The van der Waals surface area contributed by atoms with E-state index in [1.54, 1.807) is 27.7 Å². The molecule has 1 aromatic rings. The summed E-state index contributed by atoms with van der Waals surface area (Å²) in [7, 11) is 0. The minimum atomic E-state index is -1.83. The first-order valence-corrected chi connectivity index (χ1v) is 35.7. The Morgan fingerprint density at radius 1 is 0.398 bits per heavy atom. The Kier molecular flexibility index (Phi) is 45.0. The van der Waals surface area contributed by atoms with Gasteiger partial charge in [0.25, 0.3) is 0 Å². The van der Waals surface area contributed by atoms with Crippen molar-refractivity contribution in [3.05, 3.63) is 29.8 Å². The molecular formula is C67H116N22O19. The van der Waals surface area contributed by atoms with E-state index in [2.05, 4.69) is 68.5 Å². The fourth-order valence-corrected chi connectivity index (χ4v) is 10.6. The number of phenols is 1. The molecule has 0 bridgehead atoms. The number of aliphatic carboxylic acids is 1. The molecular weight excluding hydrogens is 1420 g/mol. The van der Waals surface area contributed by atoms with Gasteiger partial charge in [-0.3, -0.25) is 81.9 Å². The van der Waals surface area contributed by atoms with Crippen LogP contribution in [0.3, 0.4) is 0 Å². The SMILES string of the molecule is CC(C)C[C@H](NC(=O)[C@H](CC(C)C)NC(=O)[C@H](CCCCN)NC(=O)[C@H](CCCN=C(N)N)NC(=O)[C@H](Cc1ccc(O)cc1)NC(=O)[C@H](CCC(N)=O)NC(=O)[C@H](CCC(N)=O)NC(=O)[C@H](CCCN=C(N)N)NC(=O)[C@@H](NC(=O)[C@@H](C)CC(=O)O)[C@@H](C)O)C(=O)N[C@@H](CCCCN)C(=O)N[C@@H](CO)C(N)=O. The normalized spacial score (nSPS) is 14.7. The number of aliphatic imine (C=N–C) groups is 2. The topological polar surface area (TPSA) is 728 Å². The second-order valence-corrected chi connectivity index (χ2v) is 27.0. The maximum atomic E-state index is 15.0. The van der Waals surface area contributed by atoms with Crippen molar-refractivity contribution >= 4 is 101 Å². The third kappa shape index (κ3) is 39.2. The minimum absolute atomic E-state index is 0.0113. The van der Waals surface area contributed by atoms with Crippen molar-refractivity contribution in [2.24, 2.45) is 79.3 Å². The number of carbonyl (C=O) groups is 15. The molecule has 41 nitrogen and oxygen atoms in total. The smallest absolute Gasteiger partial charge is 0.304 e. The standard InChI is InChI=1S/C67H116N22O19/c1-34(2)29-46(62(105)80-41(14-8-10-26-69)59(102)88-49(33-90)54(72)97)86-63(106)47(30-35(3)4)85-58(101)40(13-7-9-25-68)79-56(99)42(15-11-27-77-66(73)74)81-64(107)48(32-38-17-19-39(92)20-18-38)87-61(104)45(22-24-51(71)94)83-60(103)44(21-23-50(70)93)82-57(100)43(16-12-28-78-67(75)76)84-65(108)53(37(6)91)89-55(98)36(5)31-52(95)96/h17-20,34-37,40-49,53,90-92H,7-16,21-33,68-69H2,1-6H3,(H2,70,93)(H2,71,94)(H2,72,97)(H,79,99)(H,80,105)(H,81,107)(H,82,100)(H,83,103)(H,84,108)(H,85,101)(H,86,106)(H,87,104)(H,88,102)(H,89,98)(H,95,96)(H4,73,74,77)(H4,75,76,78)/t36-,37+,40-,41-,42-,43-,44-,45-,46-,47-,48-,49-,53-/m0/s1. The van der Waals surface area contributed by atoms with Crippen LogP contribution in [0.2, 0.25) is 0 Å². The number of nitrogens with one attached hydrogen (secondary N) is 11. The summed E-state index contributed by atoms with van der Waals surface area (Å²) in [6, 6.07) is -12.0. The van der Waals surface area contributed by atoms with Gasteiger partial charge in [-0.2, -0.15) is 0 Å². The van der Waals surface area contributed by atoms with Crippen molar-refractivity contribution < 1.29 is 92.3 Å². The number of rotatable bonds is 55. The number of unbranched alkanes of at least 4 members (excludes halogenated alkanes) is 2. The van der Waals surface area contributed by atoms with Crippen molar-refractivity contribution in [1.82, 2.24) is 58.5 Å². The van der Waals surface area contributed by atoms with Crippen LogP contribution in [0, 0.1) is 17.8 Å². The van der Waals surface area contributed by atoms with E-state index >= 15 is 0 Å². The lowest BCUT2D eigenvalue weighted by atomic mass is 9.99. The highest BCUT2D eigenvalue weighted by Crippen LogP contribution is 2.17. The van der Waals surface area contributed by atoms with Crippen LogP contribution >= 0.6 is 0 Å². The number of benzene rings is 1. The van der Waals surface area contributed by atoms with Gasteiger partial charge in [0.1, 0.15) is 72.2 Å². The van der Waals surface area contributed by atoms with Gasteiger partial charge in [0.05, 0.1) is 19.1 Å². The molecule has 14 amide bonds.